The average molecular weight is 267 g/mol. The van der Waals surface area contributed by atoms with Gasteiger partial charge in [-0.15, -0.1) is 0 Å². The van der Waals surface area contributed by atoms with Crippen LogP contribution in [0.4, 0.5) is 0 Å². The van der Waals surface area contributed by atoms with Crippen molar-refractivity contribution in [3.05, 3.63) is 32.8 Å². The molecule has 4 heteroatoms. The minimum Gasteiger partial charge on any atom is -0.324 e. The highest BCUT2D eigenvalue weighted by Crippen LogP contribution is 2.34. The maximum atomic E-state index is 6.07. The molecule has 1 aromatic carbocycles. The van der Waals surface area contributed by atoms with Crippen molar-refractivity contribution in [1.82, 2.24) is 0 Å². The maximum Gasteiger partial charge on any atom is 0.0641 e. The van der Waals surface area contributed by atoms with Crippen molar-refractivity contribution in [2.75, 3.05) is 0 Å². The van der Waals surface area contributed by atoms with Gasteiger partial charge in [0, 0.05) is 11.1 Å². The highest BCUT2D eigenvalue weighted by Gasteiger charge is 2.15. The van der Waals surface area contributed by atoms with Gasteiger partial charge in [-0.3, -0.25) is 0 Å². The number of hydrogen-bond donors (Lipinski definition) is 1. The summed E-state index contributed by atoms with van der Waals surface area (Å²) in [6.45, 7) is 4.22. The van der Waals surface area contributed by atoms with E-state index in [1.807, 2.05) is 0 Å². The predicted octanol–water partition coefficient (Wildman–Crippen LogP) is 4.69. The molecule has 0 bridgehead atoms. The first-order valence-electron chi connectivity index (χ1n) is 4.81. The van der Waals surface area contributed by atoms with E-state index in [-0.39, 0.29) is 6.04 Å². The number of halogens is 3. The van der Waals surface area contributed by atoms with Crippen LogP contribution >= 0.6 is 34.8 Å². The third kappa shape index (κ3) is 3.53. The standard InChI is InChI=1S/C11H14Cl3N/c1-6(2)3-10(15)8-4-7(12)5-9(13)11(8)14/h4-6,10H,3,15H2,1-2H3/t10-/m1/s1. The first-order valence-corrected chi connectivity index (χ1v) is 5.95. The number of hydrogen-bond acceptors (Lipinski definition) is 1. The SMILES string of the molecule is CC(C)C[C@@H](N)c1cc(Cl)cc(Cl)c1Cl. The highest BCUT2D eigenvalue weighted by atomic mass is 35.5. The van der Waals surface area contributed by atoms with Gasteiger partial charge in [-0.25, -0.2) is 0 Å². The van der Waals surface area contributed by atoms with E-state index >= 15 is 0 Å². The third-order valence-corrected chi connectivity index (χ3v) is 3.18. The molecule has 84 valence electrons. The summed E-state index contributed by atoms with van der Waals surface area (Å²) in [5.74, 6) is 0.508. The summed E-state index contributed by atoms with van der Waals surface area (Å²) in [6, 6.07) is 3.29. The molecule has 15 heavy (non-hydrogen) atoms. The lowest BCUT2D eigenvalue weighted by atomic mass is 9.98. The molecular formula is C11H14Cl3N. The Labute approximate surface area is 106 Å². The normalized spacial score (nSPS) is 13.3. The molecule has 0 spiro atoms. The topological polar surface area (TPSA) is 26.0 Å². The predicted molar refractivity (Wildman–Crippen MR) is 67.9 cm³/mol. The van der Waals surface area contributed by atoms with Crippen LogP contribution in [0.3, 0.4) is 0 Å². The Balaban J connectivity index is 3.02. The lowest BCUT2D eigenvalue weighted by molar-refractivity contribution is 0.510. The average Bonchev–Trinajstić information content (AvgIpc) is 2.09. The monoisotopic (exact) mass is 265 g/mol. The molecule has 0 heterocycles. The van der Waals surface area contributed by atoms with E-state index in [4.69, 9.17) is 40.5 Å². The first-order chi connectivity index (χ1) is 6.91. The molecule has 1 aromatic rings. The van der Waals surface area contributed by atoms with Gasteiger partial charge in [-0.2, -0.15) is 0 Å². The van der Waals surface area contributed by atoms with Crippen LogP contribution < -0.4 is 5.73 Å². The summed E-state index contributed by atoms with van der Waals surface area (Å²) in [5.41, 5.74) is 6.85. The van der Waals surface area contributed by atoms with Gasteiger partial charge in [-0.05, 0) is 30.0 Å². The summed E-state index contributed by atoms with van der Waals surface area (Å²) in [6.07, 6.45) is 0.858. The summed E-state index contributed by atoms with van der Waals surface area (Å²) >= 11 is 17.9. The quantitative estimate of drug-likeness (QED) is 0.789. The zero-order valence-electron chi connectivity index (χ0n) is 8.73. The summed E-state index contributed by atoms with van der Waals surface area (Å²) in [4.78, 5) is 0. The van der Waals surface area contributed by atoms with E-state index in [0.29, 0.717) is 21.0 Å². The van der Waals surface area contributed by atoms with Crippen LogP contribution in [0.1, 0.15) is 31.9 Å². The van der Waals surface area contributed by atoms with E-state index in [9.17, 15) is 0 Å². The highest BCUT2D eigenvalue weighted by molar-refractivity contribution is 6.43. The lowest BCUT2D eigenvalue weighted by Crippen LogP contribution is -2.13. The summed E-state index contributed by atoms with van der Waals surface area (Å²) < 4.78 is 0. The summed E-state index contributed by atoms with van der Waals surface area (Å²) in [7, 11) is 0. The Bertz CT molecular complexity index is 350. The largest absolute Gasteiger partial charge is 0.324 e. The van der Waals surface area contributed by atoms with E-state index in [1.165, 1.54) is 0 Å². The second-order valence-corrected chi connectivity index (χ2v) is 5.25. The van der Waals surface area contributed by atoms with Crippen molar-refractivity contribution >= 4 is 34.8 Å². The Hall–Kier alpha value is 0.0500. The molecule has 0 amide bonds. The molecule has 0 saturated carbocycles. The minimum atomic E-state index is -0.117. The van der Waals surface area contributed by atoms with Gasteiger partial charge in [0.1, 0.15) is 0 Å². The molecule has 0 fully saturated rings. The van der Waals surface area contributed by atoms with Crippen molar-refractivity contribution in [2.45, 2.75) is 26.3 Å². The molecule has 0 unspecified atom stereocenters. The molecule has 0 aliphatic rings. The molecule has 0 aliphatic heterocycles. The van der Waals surface area contributed by atoms with Crippen LogP contribution in [0, 0.1) is 5.92 Å². The molecular weight excluding hydrogens is 252 g/mol. The van der Waals surface area contributed by atoms with E-state index < -0.39 is 0 Å². The van der Waals surface area contributed by atoms with Crippen LogP contribution in [0.2, 0.25) is 15.1 Å². The van der Waals surface area contributed by atoms with E-state index in [1.54, 1.807) is 12.1 Å². The van der Waals surface area contributed by atoms with Crippen molar-refractivity contribution in [2.24, 2.45) is 11.7 Å². The molecule has 0 aromatic heterocycles. The van der Waals surface area contributed by atoms with Gasteiger partial charge in [0.2, 0.25) is 0 Å². The Kier molecular flexibility index (Phi) is 4.72. The van der Waals surface area contributed by atoms with Crippen molar-refractivity contribution in [1.29, 1.82) is 0 Å². The number of rotatable bonds is 3. The van der Waals surface area contributed by atoms with Crippen LogP contribution in [-0.2, 0) is 0 Å². The third-order valence-electron chi connectivity index (χ3n) is 2.15. The second kappa shape index (κ2) is 5.40. The van der Waals surface area contributed by atoms with Crippen LogP contribution in [0.25, 0.3) is 0 Å². The van der Waals surface area contributed by atoms with Gasteiger partial charge in [0.05, 0.1) is 10.0 Å². The van der Waals surface area contributed by atoms with Gasteiger partial charge in [0.25, 0.3) is 0 Å². The van der Waals surface area contributed by atoms with Crippen LogP contribution in [0.5, 0.6) is 0 Å². The van der Waals surface area contributed by atoms with Crippen LogP contribution in [0.15, 0.2) is 12.1 Å². The van der Waals surface area contributed by atoms with E-state index in [2.05, 4.69) is 13.8 Å². The van der Waals surface area contributed by atoms with Crippen molar-refractivity contribution in [3.63, 3.8) is 0 Å². The zero-order valence-corrected chi connectivity index (χ0v) is 11.0. The Morgan fingerprint density at radius 3 is 2.33 bits per heavy atom. The summed E-state index contributed by atoms with van der Waals surface area (Å²) in [5, 5.41) is 1.53. The first kappa shape index (κ1) is 13.1. The Morgan fingerprint density at radius 2 is 1.80 bits per heavy atom. The molecule has 1 rings (SSSR count). The molecule has 0 radical (unpaired) electrons. The number of benzene rings is 1. The smallest absolute Gasteiger partial charge is 0.0641 e. The molecule has 0 aliphatic carbocycles. The maximum absolute atomic E-state index is 6.07. The van der Waals surface area contributed by atoms with Gasteiger partial charge in [-0.1, -0.05) is 48.7 Å². The fourth-order valence-electron chi connectivity index (χ4n) is 1.48. The second-order valence-electron chi connectivity index (χ2n) is 4.03. The fraction of sp³-hybridized carbons (Fsp3) is 0.455. The molecule has 2 N–H and O–H groups in total. The zero-order chi connectivity index (χ0) is 11.6. The van der Waals surface area contributed by atoms with E-state index in [0.717, 1.165) is 12.0 Å². The minimum absolute atomic E-state index is 0.117. The lowest BCUT2D eigenvalue weighted by Gasteiger charge is -2.16. The molecule has 1 atom stereocenters. The van der Waals surface area contributed by atoms with Crippen molar-refractivity contribution < 1.29 is 0 Å². The molecule has 0 saturated heterocycles. The van der Waals surface area contributed by atoms with Crippen LogP contribution in [-0.4, -0.2) is 0 Å². The van der Waals surface area contributed by atoms with Gasteiger partial charge < -0.3 is 5.73 Å². The molecule has 1 nitrogen and oxygen atoms in total. The fourth-order valence-corrected chi connectivity index (χ4v) is 2.24. The van der Waals surface area contributed by atoms with Gasteiger partial charge in [0.15, 0.2) is 0 Å². The number of nitrogens with two attached hydrogens (primary N) is 1. The van der Waals surface area contributed by atoms with Gasteiger partial charge >= 0.3 is 0 Å². The Morgan fingerprint density at radius 1 is 1.20 bits per heavy atom. The van der Waals surface area contributed by atoms with Crippen molar-refractivity contribution in [3.8, 4) is 0 Å².